The Morgan fingerprint density at radius 1 is 1.00 bits per heavy atom. The van der Waals surface area contributed by atoms with Crippen LogP contribution in [0.4, 0.5) is 0 Å². The molecule has 0 aliphatic heterocycles. The second-order valence-electron chi connectivity index (χ2n) is 0.250. The summed E-state index contributed by atoms with van der Waals surface area (Å²) in [5.41, 5.74) is 0. The van der Waals surface area contributed by atoms with Crippen molar-refractivity contribution in [2.75, 3.05) is 0 Å². The Labute approximate surface area is 60.9 Å². The summed E-state index contributed by atoms with van der Waals surface area (Å²) in [6.07, 6.45) is 0. The molecule has 0 rings (SSSR count). The van der Waals surface area contributed by atoms with Gasteiger partial charge in [0, 0.05) is 0 Å². The zero-order valence-corrected chi connectivity index (χ0v) is 7.67. The summed E-state index contributed by atoms with van der Waals surface area (Å²) in [7, 11) is 0. The predicted octanol–water partition coefficient (Wildman–Crippen LogP) is 0.262. The van der Waals surface area contributed by atoms with E-state index < -0.39 is 35.0 Å². The number of rotatable bonds is 0. The molecule has 0 bridgehead atoms. The van der Waals surface area contributed by atoms with E-state index >= 15 is 0 Å². The van der Waals surface area contributed by atoms with Gasteiger partial charge in [-0.05, 0) is 0 Å². The third-order valence-corrected chi connectivity index (χ3v) is 0. The van der Waals surface area contributed by atoms with Crippen molar-refractivity contribution in [3.8, 4) is 0 Å². The molecule has 5 heteroatoms. The fourth-order valence-corrected chi connectivity index (χ4v) is 0. The monoisotopic (exact) mass is 318 g/mol. The fraction of sp³-hybridized carbons (Fsp3) is 0. The van der Waals surface area contributed by atoms with Gasteiger partial charge < -0.3 is 0 Å². The Hall–Kier alpha value is 1.48. The first-order chi connectivity index (χ1) is 1.73. The number of hydrogen-bond acceptors (Lipinski definition) is 3. The van der Waals surface area contributed by atoms with Crippen molar-refractivity contribution in [3.63, 3.8) is 0 Å². The Morgan fingerprint density at radius 3 is 1.00 bits per heavy atom. The normalized spacial score (nSPS) is 3.00. The van der Waals surface area contributed by atoms with Crippen molar-refractivity contribution < 1.29 is 38.2 Å². The number of hydrogen-bond donors (Lipinski definition) is 0. The zero-order chi connectivity index (χ0) is 3.58. The molecule has 0 aliphatic carbocycles. The van der Waals surface area contributed by atoms with E-state index in [0.717, 1.165) is 0 Å². The van der Waals surface area contributed by atoms with E-state index in [1.807, 2.05) is 0 Å². The van der Waals surface area contributed by atoms with Gasteiger partial charge in [0.2, 0.25) is 0 Å². The second-order valence-corrected chi connectivity index (χ2v) is 1.85. The van der Waals surface area contributed by atoms with Crippen LogP contribution in [-0.4, -0.2) is 0 Å². The molecule has 0 amide bonds. The Kier molecular flexibility index (Phi) is 10.6. The maximum atomic E-state index is 8.63. The van der Waals surface area contributed by atoms with Crippen molar-refractivity contribution in [3.05, 3.63) is 0 Å². The summed E-state index contributed by atoms with van der Waals surface area (Å²) in [4.78, 5) is 0. The van der Waals surface area contributed by atoms with Crippen LogP contribution in [0.2, 0.25) is 0 Å². The van der Waals surface area contributed by atoms with Gasteiger partial charge in [0.05, 0.1) is 0 Å². The van der Waals surface area contributed by atoms with Crippen molar-refractivity contribution in [1.82, 2.24) is 0 Å². The molecular weight excluding hydrogens is 319 g/mol. The van der Waals surface area contributed by atoms with Gasteiger partial charge in [0.15, 0.2) is 0 Å². The summed E-state index contributed by atoms with van der Waals surface area (Å²) in [5, 5.41) is 0. The predicted molar refractivity (Wildman–Crippen MR) is 17.5 cm³/mol. The van der Waals surface area contributed by atoms with E-state index in [1.165, 1.54) is 0 Å². The molecule has 0 aromatic carbocycles. The quantitative estimate of drug-likeness (QED) is 0.602. The molecule has 0 aliphatic rings. The summed E-state index contributed by atoms with van der Waals surface area (Å²) >= 11 is -4.41. The van der Waals surface area contributed by atoms with Gasteiger partial charge in [-0.1, -0.05) is 0 Å². The molecule has 0 aromatic heterocycles. The molecule has 30 valence electrons. The molecule has 0 unspecified atom stereocenters. The van der Waals surface area contributed by atoms with Crippen LogP contribution in [0.3, 0.4) is 0 Å². The van der Waals surface area contributed by atoms with Gasteiger partial charge in [-0.25, -0.2) is 0 Å². The van der Waals surface area contributed by atoms with Crippen molar-refractivity contribution in [2.24, 2.45) is 0 Å². The average molecular weight is 320 g/mol. The Balaban J connectivity index is 0. The van der Waals surface area contributed by atoms with Crippen molar-refractivity contribution in [2.45, 2.75) is 0 Å². The van der Waals surface area contributed by atoms with Crippen LogP contribution >= 0.6 is 24.0 Å². The first-order valence-corrected chi connectivity index (χ1v) is 4.54. The number of halogens is 1. The molecule has 0 heterocycles. The first kappa shape index (κ1) is 9.70. The third kappa shape index (κ3) is 30.3. The summed E-state index contributed by atoms with van der Waals surface area (Å²) < 4.78 is 25.9. The van der Waals surface area contributed by atoms with E-state index in [0.29, 0.717) is 0 Å². The molecule has 0 atom stereocenters. The van der Waals surface area contributed by atoms with Crippen LogP contribution in [0.25, 0.3) is 0 Å². The van der Waals surface area contributed by atoms with E-state index in [1.54, 1.807) is 0 Å². The van der Waals surface area contributed by atoms with Crippen molar-refractivity contribution >= 4 is 24.0 Å². The third-order valence-electron chi connectivity index (χ3n) is 0. The van der Waals surface area contributed by atoms with Crippen molar-refractivity contribution in [1.29, 1.82) is 0 Å². The topological polar surface area (TPSA) is 51.2 Å². The molecule has 0 saturated heterocycles. The van der Waals surface area contributed by atoms with Gasteiger partial charge in [-0.15, -0.1) is 24.0 Å². The fourth-order valence-electron chi connectivity index (χ4n) is 0. The van der Waals surface area contributed by atoms with Crippen LogP contribution < -0.4 is 0 Å². The van der Waals surface area contributed by atoms with Crippen LogP contribution in [0, 0.1) is 35.0 Å². The van der Waals surface area contributed by atoms with Gasteiger partial charge in [-0.3, -0.25) is 0 Å². The molecule has 0 aromatic rings. The molecule has 5 heavy (non-hydrogen) atoms. The average Bonchev–Trinajstić information content (AvgIpc) is 0.811. The van der Waals surface area contributed by atoms with Crippen LogP contribution in [0.1, 0.15) is 0 Å². The van der Waals surface area contributed by atoms with Gasteiger partial charge >= 0.3 is 38.2 Å². The minimum absolute atomic E-state index is 0. The van der Waals surface area contributed by atoms with Crippen LogP contribution in [0.5, 0.6) is 0 Å². The van der Waals surface area contributed by atoms with E-state index in [4.69, 9.17) is 3.15 Å². The van der Waals surface area contributed by atoms with E-state index in [2.05, 4.69) is 0 Å². The molecule has 0 radical (unpaired) electrons. The van der Waals surface area contributed by atoms with Crippen LogP contribution in [0.15, 0.2) is 0 Å². The second kappa shape index (κ2) is 5.48. The zero-order valence-electron chi connectivity index (χ0n) is 2.13. The van der Waals surface area contributed by atoms with E-state index in [9.17, 15) is 0 Å². The molecule has 0 saturated carbocycles. The van der Waals surface area contributed by atoms with Gasteiger partial charge in [0.1, 0.15) is 0 Å². The standard InChI is InChI=1S/HI.Nd.3O/h1H;;;;. The molecule has 0 N–H and O–H groups in total. The first-order valence-electron chi connectivity index (χ1n) is 0.612. The summed E-state index contributed by atoms with van der Waals surface area (Å²) in [6, 6.07) is 0. The minimum atomic E-state index is -4.41. The van der Waals surface area contributed by atoms with E-state index in [-0.39, 0.29) is 24.0 Å². The molecule has 0 spiro atoms. The Bertz CT molecular complexity index is 76.3. The summed E-state index contributed by atoms with van der Waals surface area (Å²) in [6.45, 7) is 0. The van der Waals surface area contributed by atoms with Gasteiger partial charge in [-0.2, -0.15) is 0 Å². The molecule has 3 nitrogen and oxygen atoms in total. The molecular formula is HINdO3. The SMILES string of the molecule is I.[O]=[Nd](=[O])=[O]. The maximum absolute atomic E-state index is 8.63. The Morgan fingerprint density at radius 2 is 1.00 bits per heavy atom. The summed E-state index contributed by atoms with van der Waals surface area (Å²) in [5.74, 6) is 0. The van der Waals surface area contributed by atoms with Gasteiger partial charge in [0.25, 0.3) is 0 Å². The van der Waals surface area contributed by atoms with Crippen LogP contribution in [-0.2, 0) is 3.15 Å². The molecule has 0 fully saturated rings.